The molecule has 2 rings (SSSR count). The molecule has 0 aromatic carbocycles. The molecule has 86 valence electrons. The van der Waals surface area contributed by atoms with Crippen LogP contribution in [0, 0.1) is 0 Å². The maximum absolute atomic E-state index is 4.48. The van der Waals surface area contributed by atoms with Crippen molar-refractivity contribution >= 4 is 11.3 Å². The molecule has 0 aliphatic heterocycles. The fraction of sp³-hybridized carbons (Fsp3) is 0.455. The molecule has 0 aliphatic carbocycles. The summed E-state index contributed by atoms with van der Waals surface area (Å²) in [6.45, 7) is 5.23. The lowest BCUT2D eigenvalue weighted by Crippen LogP contribution is -2.27. The summed E-state index contributed by atoms with van der Waals surface area (Å²) < 4.78 is 0. The second-order valence-electron chi connectivity index (χ2n) is 3.75. The minimum Gasteiger partial charge on any atom is -0.314 e. The zero-order chi connectivity index (χ0) is 11.4. The Morgan fingerprint density at radius 2 is 2.44 bits per heavy atom. The molecule has 2 aromatic rings. The maximum Gasteiger partial charge on any atom is 0.191 e. The standard InChI is InChI=1S/C11H16N4S/c1-3-12-8(2)7-10-13-11(15-14-10)9-5-4-6-16-9/h4-6,8,12H,3,7H2,1-2H3,(H,13,14,15). The molecule has 0 fully saturated rings. The van der Waals surface area contributed by atoms with Crippen molar-refractivity contribution in [3.05, 3.63) is 23.3 Å². The summed E-state index contributed by atoms with van der Waals surface area (Å²) in [5, 5.41) is 12.6. The van der Waals surface area contributed by atoms with Gasteiger partial charge in [-0.1, -0.05) is 13.0 Å². The number of hydrogen-bond donors (Lipinski definition) is 2. The highest BCUT2D eigenvalue weighted by Gasteiger charge is 2.09. The van der Waals surface area contributed by atoms with Gasteiger partial charge in [-0.3, -0.25) is 5.10 Å². The zero-order valence-corrected chi connectivity index (χ0v) is 10.3. The van der Waals surface area contributed by atoms with E-state index in [4.69, 9.17) is 0 Å². The first-order valence-corrected chi connectivity index (χ1v) is 6.36. The Bertz CT molecular complexity index is 421. The Morgan fingerprint density at radius 1 is 1.56 bits per heavy atom. The van der Waals surface area contributed by atoms with Crippen molar-refractivity contribution in [2.75, 3.05) is 6.54 Å². The number of likely N-dealkylation sites (N-methyl/N-ethyl adjacent to an activating group) is 1. The lowest BCUT2D eigenvalue weighted by Gasteiger charge is -2.08. The van der Waals surface area contributed by atoms with E-state index < -0.39 is 0 Å². The van der Waals surface area contributed by atoms with Crippen LogP contribution in [-0.2, 0) is 6.42 Å². The Morgan fingerprint density at radius 3 is 3.12 bits per heavy atom. The fourth-order valence-corrected chi connectivity index (χ4v) is 2.27. The minimum atomic E-state index is 0.425. The first-order valence-electron chi connectivity index (χ1n) is 5.48. The van der Waals surface area contributed by atoms with Gasteiger partial charge in [0.1, 0.15) is 5.82 Å². The van der Waals surface area contributed by atoms with Gasteiger partial charge in [0, 0.05) is 12.5 Å². The topological polar surface area (TPSA) is 53.6 Å². The molecule has 0 bridgehead atoms. The van der Waals surface area contributed by atoms with Gasteiger partial charge in [-0.15, -0.1) is 11.3 Å². The highest BCUT2D eigenvalue weighted by molar-refractivity contribution is 7.13. The highest BCUT2D eigenvalue weighted by Crippen LogP contribution is 2.20. The molecule has 0 radical (unpaired) electrons. The van der Waals surface area contributed by atoms with E-state index in [1.165, 1.54) is 0 Å². The van der Waals surface area contributed by atoms with Crippen molar-refractivity contribution in [1.82, 2.24) is 20.5 Å². The molecule has 2 N–H and O–H groups in total. The number of hydrogen-bond acceptors (Lipinski definition) is 4. The summed E-state index contributed by atoms with van der Waals surface area (Å²) in [5.74, 6) is 1.74. The van der Waals surface area contributed by atoms with Crippen LogP contribution in [0.3, 0.4) is 0 Å². The van der Waals surface area contributed by atoms with Gasteiger partial charge in [0.15, 0.2) is 5.82 Å². The number of aromatic nitrogens is 3. The molecule has 0 spiro atoms. The van der Waals surface area contributed by atoms with Crippen LogP contribution in [0.4, 0.5) is 0 Å². The Hall–Kier alpha value is -1.20. The third-order valence-electron chi connectivity index (χ3n) is 2.33. The van der Waals surface area contributed by atoms with E-state index in [2.05, 4.69) is 34.3 Å². The van der Waals surface area contributed by atoms with Crippen LogP contribution < -0.4 is 5.32 Å². The lowest BCUT2D eigenvalue weighted by molar-refractivity contribution is 0.553. The van der Waals surface area contributed by atoms with Crippen molar-refractivity contribution in [3.63, 3.8) is 0 Å². The van der Waals surface area contributed by atoms with E-state index in [0.717, 1.165) is 29.5 Å². The number of nitrogens with zero attached hydrogens (tertiary/aromatic N) is 2. The molecule has 5 heteroatoms. The van der Waals surface area contributed by atoms with Gasteiger partial charge >= 0.3 is 0 Å². The van der Waals surface area contributed by atoms with Gasteiger partial charge in [-0.2, -0.15) is 5.10 Å². The van der Waals surface area contributed by atoms with Crippen LogP contribution in [0.5, 0.6) is 0 Å². The van der Waals surface area contributed by atoms with Crippen molar-refractivity contribution in [3.8, 4) is 10.7 Å². The van der Waals surface area contributed by atoms with Gasteiger partial charge in [-0.05, 0) is 24.9 Å². The highest BCUT2D eigenvalue weighted by atomic mass is 32.1. The molecule has 4 nitrogen and oxygen atoms in total. The van der Waals surface area contributed by atoms with Gasteiger partial charge in [0.25, 0.3) is 0 Å². The quantitative estimate of drug-likeness (QED) is 0.835. The summed E-state index contributed by atoms with van der Waals surface area (Å²) in [6.07, 6.45) is 0.881. The van der Waals surface area contributed by atoms with Crippen molar-refractivity contribution < 1.29 is 0 Å². The third kappa shape index (κ3) is 2.68. The molecule has 2 heterocycles. The predicted molar refractivity (Wildman–Crippen MR) is 66.5 cm³/mol. The molecule has 0 amide bonds. The summed E-state index contributed by atoms with van der Waals surface area (Å²) in [4.78, 5) is 5.59. The summed E-state index contributed by atoms with van der Waals surface area (Å²) in [7, 11) is 0. The average Bonchev–Trinajstić information content (AvgIpc) is 2.86. The number of nitrogens with one attached hydrogen (secondary N) is 2. The van der Waals surface area contributed by atoms with Gasteiger partial charge in [0.05, 0.1) is 4.88 Å². The monoisotopic (exact) mass is 236 g/mol. The molecule has 0 saturated carbocycles. The van der Waals surface area contributed by atoms with Gasteiger partial charge in [0.2, 0.25) is 0 Å². The van der Waals surface area contributed by atoms with Crippen LogP contribution >= 0.6 is 11.3 Å². The average molecular weight is 236 g/mol. The molecule has 2 aromatic heterocycles. The Kier molecular flexibility index (Phi) is 3.69. The lowest BCUT2D eigenvalue weighted by atomic mass is 10.2. The fourth-order valence-electron chi connectivity index (χ4n) is 1.61. The van der Waals surface area contributed by atoms with Crippen LogP contribution in [0.25, 0.3) is 10.7 Å². The van der Waals surface area contributed by atoms with E-state index in [1.807, 2.05) is 17.5 Å². The molecular weight excluding hydrogens is 220 g/mol. The Balaban J connectivity index is 2.03. The van der Waals surface area contributed by atoms with Crippen molar-refractivity contribution in [2.45, 2.75) is 26.3 Å². The summed E-state index contributed by atoms with van der Waals surface area (Å²) >= 11 is 1.66. The summed E-state index contributed by atoms with van der Waals surface area (Å²) in [6, 6.07) is 4.47. The number of thiophene rings is 1. The predicted octanol–water partition coefficient (Wildman–Crippen LogP) is 2.07. The maximum atomic E-state index is 4.48. The second-order valence-corrected chi connectivity index (χ2v) is 4.69. The first kappa shape index (κ1) is 11.3. The Labute approximate surface area is 99.1 Å². The SMILES string of the molecule is CCNC(C)Cc1nc(-c2cccs2)n[nH]1. The number of aromatic amines is 1. The third-order valence-corrected chi connectivity index (χ3v) is 3.19. The molecule has 0 saturated heterocycles. The zero-order valence-electron chi connectivity index (χ0n) is 9.53. The minimum absolute atomic E-state index is 0.425. The number of H-pyrrole nitrogens is 1. The second kappa shape index (κ2) is 5.23. The molecule has 1 unspecified atom stereocenters. The van der Waals surface area contributed by atoms with Crippen molar-refractivity contribution in [1.29, 1.82) is 0 Å². The molecular formula is C11H16N4S. The van der Waals surface area contributed by atoms with E-state index in [1.54, 1.807) is 11.3 Å². The summed E-state index contributed by atoms with van der Waals surface area (Å²) in [5.41, 5.74) is 0. The molecule has 0 aliphatic rings. The largest absolute Gasteiger partial charge is 0.314 e. The van der Waals surface area contributed by atoms with Gasteiger partial charge in [-0.25, -0.2) is 4.98 Å². The van der Waals surface area contributed by atoms with Gasteiger partial charge < -0.3 is 5.32 Å². The normalized spacial score (nSPS) is 12.9. The van der Waals surface area contributed by atoms with E-state index in [0.29, 0.717) is 6.04 Å². The van der Waals surface area contributed by atoms with Crippen LogP contribution in [0.15, 0.2) is 17.5 Å². The van der Waals surface area contributed by atoms with E-state index in [9.17, 15) is 0 Å². The van der Waals surface area contributed by atoms with Crippen LogP contribution in [0.2, 0.25) is 0 Å². The molecule has 1 atom stereocenters. The number of rotatable bonds is 5. The first-order chi connectivity index (χ1) is 7.79. The van der Waals surface area contributed by atoms with Crippen LogP contribution in [0.1, 0.15) is 19.7 Å². The van der Waals surface area contributed by atoms with E-state index >= 15 is 0 Å². The molecule has 16 heavy (non-hydrogen) atoms. The van der Waals surface area contributed by atoms with E-state index in [-0.39, 0.29) is 0 Å². The van der Waals surface area contributed by atoms with Crippen molar-refractivity contribution in [2.24, 2.45) is 0 Å². The smallest absolute Gasteiger partial charge is 0.191 e. The van der Waals surface area contributed by atoms with Crippen LogP contribution in [-0.4, -0.2) is 27.8 Å².